The number of carbonyl (C=O) groups excluding carboxylic acids is 1. The highest BCUT2D eigenvalue weighted by molar-refractivity contribution is 7.91. The molecule has 1 aromatic carbocycles. The molecular weight excluding hydrogens is 350 g/mol. The fraction of sp³-hybridized carbons (Fsp3) is 0.312. The lowest BCUT2D eigenvalue weighted by Crippen LogP contribution is -2.30. The third kappa shape index (κ3) is 4.72. The van der Waals surface area contributed by atoms with E-state index in [1.807, 2.05) is 17.5 Å². The van der Waals surface area contributed by atoms with Gasteiger partial charge in [0.05, 0.1) is 31.3 Å². The second kappa shape index (κ2) is 8.16. The van der Waals surface area contributed by atoms with Crippen molar-refractivity contribution in [3.63, 3.8) is 0 Å². The van der Waals surface area contributed by atoms with Crippen molar-refractivity contribution in [2.24, 2.45) is 0 Å². The van der Waals surface area contributed by atoms with E-state index in [0.29, 0.717) is 11.5 Å². The lowest BCUT2D eigenvalue weighted by molar-refractivity contribution is -0.120. The van der Waals surface area contributed by atoms with Gasteiger partial charge >= 0.3 is 0 Å². The minimum Gasteiger partial charge on any atom is -0.493 e. The van der Waals surface area contributed by atoms with Crippen LogP contribution in [0, 0.1) is 0 Å². The molecule has 1 aromatic heterocycles. The quantitative estimate of drug-likeness (QED) is 0.768. The lowest BCUT2D eigenvalue weighted by atomic mass is 10.3. The number of benzene rings is 1. The van der Waals surface area contributed by atoms with E-state index < -0.39 is 9.84 Å². The Labute approximate surface area is 145 Å². The second-order valence-electron chi connectivity index (χ2n) is 4.94. The summed E-state index contributed by atoms with van der Waals surface area (Å²) in [5.41, 5.74) is 0. The number of hydrogen-bond acceptors (Lipinski definition) is 6. The summed E-state index contributed by atoms with van der Waals surface area (Å²) in [6.45, 7) is 0.0564. The van der Waals surface area contributed by atoms with Crippen molar-refractivity contribution >= 4 is 27.1 Å². The van der Waals surface area contributed by atoms with E-state index in [9.17, 15) is 13.2 Å². The third-order valence-electron chi connectivity index (χ3n) is 3.32. The van der Waals surface area contributed by atoms with Crippen LogP contribution in [-0.4, -0.2) is 40.8 Å². The van der Waals surface area contributed by atoms with Gasteiger partial charge in [0.1, 0.15) is 0 Å². The van der Waals surface area contributed by atoms with Gasteiger partial charge in [-0.1, -0.05) is 6.07 Å². The van der Waals surface area contributed by atoms with Crippen LogP contribution >= 0.6 is 11.3 Å². The molecule has 24 heavy (non-hydrogen) atoms. The molecule has 1 N–H and O–H groups in total. The van der Waals surface area contributed by atoms with E-state index in [1.54, 1.807) is 6.07 Å². The number of carbonyl (C=O) groups is 1. The summed E-state index contributed by atoms with van der Waals surface area (Å²) in [6, 6.07) is 8.16. The van der Waals surface area contributed by atoms with Gasteiger partial charge in [-0.3, -0.25) is 4.79 Å². The van der Waals surface area contributed by atoms with Crippen LogP contribution in [0.25, 0.3) is 0 Å². The minimum absolute atomic E-state index is 0.0564. The number of rotatable bonds is 8. The Balaban J connectivity index is 1.95. The van der Waals surface area contributed by atoms with Crippen molar-refractivity contribution in [1.82, 2.24) is 5.32 Å². The van der Waals surface area contributed by atoms with Gasteiger partial charge in [-0.05, 0) is 23.6 Å². The maximum atomic E-state index is 12.4. The van der Waals surface area contributed by atoms with E-state index in [2.05, 4.69) is 5.32 Å². The van der Waals surface area contributed by atoms with Crippen LogP contribution in [0.5, 0.6) is 11.5 Å². The number of amides is 1. The second-order valence-corrected chi connectivity index (χ2v) is 8.08. The molecule has 0 atom stereocenters. The van der Waals surface area contributed by atoms with E-state index in [1.165, 1.54) is 37.7 Å². The van der Waals surface area contributed by atoms with Crippen LogP contribution in [0.15, 0.2) is 40.6 Å². The van der Waals surface area contributed by atoms with Crippen LogP contribution in [0.2, 0.25) is 0 Å². The van der Waals surface area contributed by atoms with Crippen LogP contribution in [-0.2, 0) is 21.1 Å². The Morgan fingerprint density at radius 1 is 1.17 bits per heavy atom. The number of sulfone groups is 1. The van der Waals surface area contributed by atoms with Gasteiger partial charge in [-0.25, -0.2) is 8.42 Å². The van der Waals surface area contributed by atoms with Gasteiger partial charge in [0.2, 0.25) is 5.91 Å². The fourth-order valence-electron chi connectivity index (χ4n) is 2.09. The first kappa shape index (κ1) is 18.3. The van der Waals surface area contributed by atoms with E-state index in [-0.39, 0.29) is 29.5 Å². The monoisotopic (exact) mass is 369 g/mol. The summed E-state index contributed by atoms with van der Waals surface area (Å²) < 4.78 is 34.9. The first-order chi connectivity index (χ1) is 11.5. The predicted octanol–water partition coefficient (Wildman–Crippen LogP) is 1.90. The zero-order chi connectivity index (χ0) is 17.6. The molecule has 6 nitrogen and oxygen atoms in total. The topological polar surface area (TPSA) is 81.7 Å². The highest BCUT2D eigenvalue weighted by Gasteiger charge is 2.17. The van der Waals surface area contributed by atoms with E-state index >= 15 is 0 Å². The molecule has 8 heteroatoms. The zero-order valence-electron chi connectivity index (χ0n) is 13.4. The average Bonchev–Trinajstić information content (AvgIpc) is 3.06. The molecular formula is C16H19NO5S2. The first-order valence-corrected chi connectivity index (χ1v) is 9.73. The van der Waals surface area contributed by atoms with Gasteiger partial charge < -0.3 is 14.8 Å². The smallest absolute Gasteiger partial charge is 0.225 e. The number of thiophene rings is 1. The Morgan fingerprint density at radius 3 is 2.54 bits per heavy atom. The van der Waals surface area contributed by atoms with Crippen molar-refractivity contribution in [3.8, 4) is 11.5 Å². The molecule has 0 unspecified atom stereocenters. The largest absolute Gasteiger partial charge is 0.493 e. The summed E-state index contributed by atoms with van der Waals surface area (Å²) in [5.74, 6) is 0.430. The Kier molecular flexibility index (Phi) is 6.22. The highest BCUT2D eigenvalue weighted by atomic mass is 32.2. The summed E-state index contributed by atoms with van der Waals surface area (Å²) in [7, 11) is -0.598. The molecule has 0 bridgehead atoms. The SMILES string of the molecule is COc1ccc(S(=O)(=O)CCNC(=O)Cc2cccs2)cc1OC. The van der Waals surface area contributed by atoms with Crippen LogP contribution in [0.3, 0.4) is 0 Å². The molecule has 0 saturated carbocycles. The van der Waals surface area contributed by atoms with Crippen LogP contribution in [0.1, 0.15) is 4.88 Å². The predicted molar refractivity (Wildman–Crippen MR) is 92.6 cm³/mol. The average molecular weight is 369 g/mol. The van der Waals surface area contributed by atoms with Gasteiger partial charge in [0.15, 0.2) is 21.3 Å². The van der Waals surface area contributed by atoms with Crippen LogP contribution in [0.4, 0.5) is 0 Å². The van der Waals surface area contributed by atoms with Gasteiger partial charge in [-0.15, -0.1) is 11.3 Å². The number of hydrogen-bond donors (Lipinski definition) is 1. The first-order valence-electron chi connectivity index (χ1n) is 7.20. The Hall–Kier alpha value is -2.06. The van der Waals surface area contributed by atoms with E-state index in [0.717, 1.165) is 4.88 Å². The molecule has 0 fully saturated rings. The number of nitrogens with one attached hydrogen (secondary N) is 1. The molecule has 1 heterocycles. The number of methoxy groups -OCH3 is 2. The minimum atomic E-state index is -3.52. The van der Waals surface area contributed by atoms with Gasteiger partial charge in [0.25, 0.3) is 0 Å². The molecule has 2 rings (SSSR count). The molecule has 0 spiro atoms. The van der Waals surface area contributed by atoms with Crippen molar-refractivity contribution in [2.75, 3.05) is 26.5 Å². The van der Waals surface area contributed by atoms with Crippen molar-refractivity contribution < 1.29 is 22.7 Å². The molecule has 2 aromatic rings. The lowest BCUT2D eigenvalue weighted by Gasteiger charge is -2.10. The van der Waals surface area contributed by atoms with Crippen molar-refractivity contribution in [2.45, 2.75) is 11.3 Å². The molecule has 0 aliphatic heterocycles. The molecule has 0 radical (unpaired) electrons. The summed E-state index contributed by atoms with van der Waals surface area (Å²) in [6.07, 6.45) is 0.258. The third-order valence-corrected chi connectivity index (χ3v) is 5.91. The van der Waals surface area contributed by atoms with Gasteiger partial charge in [0, 0.05) is 17.5 Å². The van der Waals surface area contributed by atoms with Crippen LogP contribution < -0.4 is 14.8 Å². The molecule has 0 aliphatic rings. The van der Waals surface area contributed by atoms with Crippen molar-refractivity contribution in [1.29, 1.82) is 0 Å². The Bertz CT molecular complexity index is 785. The zero-order valence-corrected chi connectivity index (χ0v) is 15.1. The maximum Gasteiger partial charge on any atom is 0.225 e. The standard InChI is InChI=1S/C16H19NO5S2/c1-21-14-6-5-13(11-15(14)22-2)24(19,20)9-7-17-16(18)10-12-4-3-8-23-12/h3-6,8,11H,7,9-10H2,1-2H3,(H,17,18). The summed E-state index contributed by atoms with van der Waals surface area (Å²) in [5, 5.41) is 4.52. The molecule has 0 saturated heterocycles. The summed E-state index contributed by atoms with van der Waals surface area (Å²) >= 11 is 1.49. The summed E-state index contributed by atoms with van der Waals surface area (Å²) in [4.78, 5) is 12.9. The number of ether oxygens (including phenoxy) is 2. The highest BCUT2D eigenvalue weighted by Crippen LogP contribution is 2.29. The molecule has 0 aliphatic carbocycles. The molecule has 1 amide bonds. The molecule has 130 valence electrons. The normalized spacial score (nSPS) is 11.1. The van der Waals surface area contributed by atoms with Gasteiger partial charge in [-0.2, -0.15) is 0 Å². The fourth-order valence-corrected chi connectivity index (χ4v) is 3.96. The van der Waals surface area contributed by atoms with E-state index in [4.69, 9.17) is 9.47 Å². The van der Waals surface area contributed by atoms with Crippen molar-refractivity contribution in [3.05, 3.63) is 40.6 Å². The Morgan fingerprint density at radius 2 is 1.92 bits per heavy atom. The maximum absolute atomic E-state index is 12.4.